The number of nitrogens with one attached hydrogen (secondary N) is 2. The van der Waals surface area contributed by atoms with Gasteiger partial charge in [0.15, 0.2) is 0 Å². The highest BCUT2D eigenvalue weighted by atomic mass is 16.6. The Morgan fingerprint density at radius 1 is 1.07 bits per heavy atom. The molecule has 2 N–H and O–H groups in total. The molecule has 0 radical (unpaired) electrons. The van der Waals surface area contributed by atoms with E-state index >= 15 is 0 Å². The summed E-state index contributed by atoms with van der Waals surface area (Å²) >= 11 is 0. The number of hydrogen-bond donors (Lipinski definition) is 2. The molecule has 1 aromatic heterocycles. The number of pyridine rings is 1. The molecule has 4 fully saturated rings. The van der Waals surface area contributed by atoms with Crippen LogP contribution in [0.3, 0.4) is 0 Å². The largest absolute Gasteiger partial charge is 0.445 e. The molecule has 3 saturated carbocycles. The van der Waals surface area contributed by atoms with Crippen molar-refractivity contribution in [3.05, 3.63) is 76.7 Å². The van der Waals surface area contributed by atoms with Crippen LogP contribution >= 0.6 is 0 Å². The third kappa shape index (κ3) is 4.63. The fourth-order valence-corrected chi connectivity index (χ4v) is 8.80. The number of aromatic amines is 1. The van der Waals surface area contributed by atoms with Gasteiger partial charge in [-0.1, -0.05) is 37.3 Å². The fourth-order valence-electron chi connectivity index (χ4n) is 8.80. The molecular weight excluding hydrogens is 514 g/mol. The molecule has 0 spiro atoms. The molecule has 214 valence electrons. The predicted octanol–water partition coefficient (Wildman–Crippen LogP) is 6.14. The van der Waals surface area contributed by atoms with E-state index in [-0.39, 0.29) is 23.7 Å². The number of likely N-dealkylation sites (tertiary alicyclic amines) is 1. The number of fused-ring (bicyclic) bond motifs is 2. The number of Topliss-reactive ketones (excluding diaryl/α,β-unsaturated/α-hetero) is 1. The van der Waals surface area contributed by atoms with E-state index in [1.54, 1.807) is 11.1 Å². The van der Waals surface area contributed by atoms with Crippen molar-refractivity contribution in [2.75, 3.05) is 18.4 Å². The second-order valence-electron chi connectivity index (χ2n) is 13.4. The topological polar surface area (TPSA) is 91.5 Å². The highest BCUT2D eigenvalue weighted by Crippen LogP contribution is 2.67. The van der Waals surface area contributed by atoms with Crippen LogP contribution in [-0.2, 0) is 16.1 Å². The normalized spacial score (nSPS) is 32.2. The minimum atomic E-state index is -0.501. The number of rotatable bonds is 6. The Morgan fingerprint density at radius 3 is 2.78 bits per heavy atom. The second kappa shape index (κ2) is 10.0. The van der Waals surface area contributed by atoms with Gasteiger partial charge in [-0.25, -0.2) is 4.79 Å². The molecule has 1 aliphatic heterocycles. The van der Waals surface area contributed by atoms with Gasteiger partial charge in [-0.3, -0.25) is 9.59 Å². The van der Waals surface area contributed by atoms with Gasteiger partial charge in [0, 0.05) is 47.2 Å². The SMILES string of the molecule is C[C@@]1(C(=O)C23C[C@@H]4CC2[C@@H](CC[C@@H](Nc2ccc5c(=O)[nH]ccc5c2)C4)C3)CCN(C(=O)OCc2ccccc2)C1. The van der Waals surface area contributed by atoms with E-state index in [9.17, 15) is 14.4 Å². The van der Waals surface area contributed by atoms with Gasteiger partial charge < -0.3 is 19.9 Å². The molecule has 7 heteroatoms. The third-order valence-corrected chi connectivity index (χ3v) is 10.7. The molecule has 41 heavy (non-hydrogen) atoms. The highest BCUT2D eigenvalue weighted by Gasteiger charge is 2.66. The molecule has 2 heterocycles. The van der Waals surface area contributed by atoms with E-state index in [0.29, 0.717) is 54.5 Å². The molecule has 3 aliphatic carbocycles. The molecule has 6 atom stereocenters. The van der Waals surface area contributed by atoms with Crippen LogP contribution in [0, 0.1) is 28.6 Å². The zero-order valence-corrected chi connectivity index (χ0v) is 23.7. The van der Waals surface area contributed by atoms with Gasteiger partial charge in [0.1, 0.15) is 12.4 Å². The zero-order chi connectivity index (χ0) is 28.2. The number of hydrogen-bond acceptors (Lipinski definition) is 5. The van der Waals surface area contributed by atoms with Crippen LogP contribution in [0.15, 0.2) is 65.6 Å². The van der Waals surface area contributed by atoms with Crippen molar-refractivity contribution in [2.45, 2.75) is 64.5 Å². The Hall–Kier alpha value is -3.61. The fraction of sp³-hybridized carbons (Fsp3) is 0.500. The van der Waals surface area contributed by atoms with Gasteiger partial charge >= 0.3 is 6.09 Å². The lowest BCUT2D eigenvalue weighted by Crippen LogP contribution is -2.55. The van der Waals surface area contributed by atoms with Crippen LogP contribution in [0.25, 0.3) is 10.8 Å². The van der Waals surface area contributed by atoms with Crippen molar-refractivity contribution < 1.29 is 14.3 Å². The number of nitrogens with zero attached hydrogens (tertiary/aromatic N) is 1. The zero-order valence-electron chi connectivity index (χ0n) is 23.7. The number of amides is 1. The summed E-state index contributed by atoms with van der Waals surface area (Å²) in [6.45, 7) is 3.37. The second-order valence-corrected chi connectivity index (χ2v) is 13.4. The van der Waals surface area contributed by atoms with Gasteiger partial charge in [-0.15, -0.1) is 0 Å². The highest BCUT2D eigenvalue weighted by molar-refractivity contribution is 5.93. The number of anilines is 1. The molecule has 2 aromatic carbocycles. The minimum Gasteiger partial charge on any atom is -0.445 e. The quantitative estimate of drug-likeness (QED) is 0.383. The Bertz CT molecular complexity index is 1540. The lowest BCUT2D eigenvalue weighted by atomic mass is 9.49. The number of aromatic nitrogens is 1. The minimum absolute atomic E-state index is 0.0603. The first-order chi connectivity index (χ1) is 19.8. The third-order valence-electron chi connectivity index (χ3n) is 10.7. The van der Waals surface area contributed by atoms with Gasteiger partial charge in [-0.2, -0.15) is 0 Å². The standard InChI is InChI=1S/C34H39N3O4/c1-33(12-14-37(21-33)32(40)41-20-22-5-3-2-4-6-22)31(39)34-18-23-15-26(8-7-25(19-34)29(34)16-23)36-27-9-10-28-24(17-27)11-13-35-30(28)38/h2-6,9-11,13,17,23,25-26,29,36H,7-8,12,14-16,18-21H2,1H3,(H,35,38)/t23-,25-,26+,29?,33+,34?/m0/s1. The van der Waals surface area contributed by atoms with Gasteiger partial charge in [-0.05, 0) is 97.9 Å². The Kier molecular flexibility index (Phi) is 6.44. The summed E-state index contributed by atoms with van der Waals surface area (Å²) < 4.78 is 5.59. The van der Waals surface area contributed by atoms with Crippen LogP contribution < -0.4 is 10.9 Å². The molecule has 4 aliphatic rings. The van der Waals surface area contributed by atoms with Crippen molar-refractivity contribution in [1.82, 2.24) is 9.88 Å². The van der Waals surface area contributed by atoms with E-state index in [4.69, 9.17) is 4.74 Å². The lowest BCUT2D eigenvalue weighted by Gasteiger charge is -2.53. The van der Waals surface area contributed by atoms with Crippen molar-refractivity contribution in [3.63, 3.8) is 0 Å². The molecule has 7 rings (SSSR count). The monoisotopic (exact) mass is 553 g/mol. The maximum Gasteiger partial charge on any atom is 0.410 e. The van der Waals surface area contributed by atoms with Crippen LogP contribution in [0.1, 0.15) is 57.4 Å². The van der Waals surface area contributed by atoms with Crippen molar-refractivity contribution in [3.8, 4) is 0 Å². The molecule has 2 unspecified atom stereocenters. The first-order valence-electron chi connectivity index (χ1n) is 15.2. The summed E-state index contributed by atoms with van der Waals surface area (Å²) in [6.07, 6.45) is 8.54. The predicted molar refractivity (Wildman–Crippen MR) is 159 cm³/mol. The Morgan fingerprint density at radius 2 is 1.93 bits per heavy atom. The molecule has 7 nitrogen and oxygen atoms in total. The summed E-state index contributed by atoms with van der Waals surface area (Å²) in [4.78, 5) is 43.8. The van der Waals surface area contributed by atoms with E-state index in [1.807, 2.05) is 48.5 Å². The summed E-state index contributed by atoms with van der Waals surface area (Å²) in [6, 6.07) is 18.0. The van der Waals surface area contributed by atoms with Crippen molar-refractivity contribution in [1.29, 1.82) is 0 Å². The smallest absolute Gasteiger partial charge is 0.410 e. The Balaban J connectivity index is 1.00. The molecule has 2 bridgehead atoms. The van der Waals surface area contributed by atoms with Crippen LogP contribution in [0.2, 0.25) is 0 Å². The molecular formula is C34H39N3O4. The van der Waals surface area contributed by atoms with E-state index in [1.165, 1.54) is 0 Å². The first kappa shape index (κ1) is 26.3. The van der Waals surface area contributed by atoms with Crippen LogP contribution in [0.5, 0.6) is 0 Å². The summed E-state index contributed by atoms with van der Waals surface area (Å²) in [7, 11) is 0. The average molecular weight is 554 g/mol. The van der Waals surface area contributed by atoms with Gasteiger partial charge in [0.05, 0.1) is 0 Å². The Labute approximate surface area is 240 Å². The number of H-pyrrole nitrogens is 1. The maximum absolute atomic E-state index is 14.3. The lowest BCUT2D eigenvalue weighted by molar-refractivity contribution is -0.153. The summed E-state index contributed by atoms with van der Waals surface area (Å²) in [5, 5.41) is 5.43. The van der Waals surface area contributed by atoms with E-state index in [0.717, 1.165) is 55.2 Å². The van der Waals surface area contributed by atoms with E-state index in [2.05, 4.69) is 23.3 Å². The average Bonchev–Trinajstić information content (AvgIpc) is 3.53. The van der Waals surface area contributed by atoms with Crippen LogP contribution in [0.4, 0.5) is 10.5 Å². The van der Waals surface area contributed by atoms with Crippen LogP contribution in [-0.4, -0.2) is 40.9 Å². The van der Waals surface area contributed by atoms with Crippen molar-refractivity contribution in [2.24, 2.45) is 28.6 Å². The summed E-state index contributed by atoms with van der Waals surface area (Å²) in [5.74, 6) is 2.04. The maximum atomic E-state index is 14.3. The number of carbonyl (C=O) groups is 2. The number of benzene rings is 2. The van der Waals surface area contributed by atoms with Crippen molar-refractivity contribution >= 4 is 28.3 Å². The number of carbonyl (C=O) groups excluding carboxylic acids is 2. The van der Waals surface area contributed by atoms with Gasteiger partial charge in [0.25, 0.3) is 5.56 Å². The summed E-state index contributed by atoms with van der Waals surface area (Å²) in [5.41, 5.74) is 1.24. The molecule has 1 saturated heterocycles. The first-order valence-corrected chi connectivity index (χ1v) is 15.2. The molecule has 3 aromatic rings. The molecule has 1 amide bonds. The number of ether oxygens (including phenoxy) is 1. The van der Waals surface area contributed by atoms with E-state index < -0.39 is 5.41 Å². The van der Waals surface area contributed by atoms with Gasteiger partial charge in [0.2, 0.25) is 0 Å². The number of ketones is 1.